The van der Waals surface area contributed by atoms with E-state index in [-0.39, 0.29) is 6.03 Å². The molecular formula is C17H19BrN2O2. The summed E-state index contributed by atoms with van der Waals surface area (Å²) in [4.78, 5) is 12.0. The first-order valence-corrected chi connectivity index (χ1v) is 7.83. The lowest BCUT2D eigenvalue weighted by molar-refractivity contribution is 0.139. The Morgan fingerprint density at radius 2 is 1.68 bits per heavy atom. The number of hydrogen-bond donors (Lipinski definition) is 3. The highest BCUT2D eigenvalue weighted by Gasteiger charge is 2.18. The van der Waals surface area contributed by atoms with Crippen LogP contribution in [0.5, 0.6) is 0 Å². The van der Waals surface area contributed by atoms with E-state index in [1.807, 2.05) is 55.5 Å². The highest BCUT2D eigenvalue weighted by molar-refractivity contribution is 9.10. The quantitative estimate of drug-likeness (QED) is 0.769. The highest BCUT2D eigenvalue weighted by Crippen LogP contribution is 2.19. The van der Waals surface area contributed by atoms with Crippen molar-refractivity contribution in [2.24, 2.45) is 0 Å². The number of hydrogen-bond acceptors (Lipinski definition) is 2. The zero-order chi connectivity index (χ0) is 16.1. The predicted molar refractivity (Wildman–Crippen MR) is 91.9 cm³/mol. The highest BCUT2D eigenvalue weighted by atomic mass is 79.9. The maximum Gasteiger partial charge on any atom is 0.319 e. The van der Waals surface area contributed by atoms with Crippen LogP contribution >= 0.6 is 15.9 Å². The normalized spacial score (nSPS) is 13.3. The van der Waals surface area contributed by atoms with Crippen molar-refractivity contribution in [2.45, 2.75) is 26.0 Å². The molecule has 2 aromatic carbocycles. The van der Waals surface area contributed by atoms with Gasteiger partial charge in [0.05, 0.1) is 12.1 Å². The first-order chi connectivity index (χ1) is 10.5. The van der Waals surface area contributed by atoms with Crippen molar-refractivity contribution in [3.05, 3.63) is 64.1 Å². The molecule has 3 N–H and O–H groups in total. The molecule has 0 saturated heterocycles. The van der Waals surface area contributed by atoms with E-state index in [0.29, 0.717) is 5.69 Å². The number of aryl methyl sites for hydroxylation is 1. The van der Waals surface area contributed by atoms with E-state index in [4.69, 9.17) is 0 Å². The van der Waals surface area contributed by atoms with Gasteiger partial charge in [0.2, 0.25) is 0 Å². The van der Waals surface area contributed by atoms with Crippen molar-refractivity contribution in [3.8, 4) is 0 Å². The molecule has 0 fully saturated rings. The predicted octanol–water partition coefficient (Wildman–Crippen LogP) is 4.00. The molecule has 2 rings (SSSR count). The fourth-order valence-electron chi connectivity index (χ4n) is 2.04. The number of nitrogens with one attached hydrogen (secondary N) is 2. The monoisotopic (exact) mass is 362 g/mol. The van der Waals surface area contributed by atoms with Gasteiger partial charge < -0.3 is 15.7 Å². The lowest BCUT2D eigenvalue weighted by Crippen LogP contribution is -2.39. The van der Waals surface area contributed by atoms with E-state index in [1.54, 1.807) is 6.92 Å². The molecule has 2 aromatic rings. The minimum atomic E-state index is -0.767. The molecule has 2 amide bonds. The second kappa shape index (κ2) is 7.42. The summed E-state index contributed by atoms with van der Waals surface area (Å²) in [5.74, 6) is 0. The fraction of sp³-hybridized carbons (Fsp3) is 0.235. The number of halogens is 1. The molecule has 0 aliphatic rings. The van der Waals surface area contributed by atoms with Crippen molar-refractivity contribution in [1.29, 1.82) is 0 Å². The first-order valence-electron chi connectivity index (χ1n) is 7.03. The maximum absolute atomic E-state index is 12.0. The lowest BCUT2D eigenvalue weighted by Gasteiger charge is -2.21. The van der Waals surface area contributed by atoms with Crippen LogP contribution in [-0.2, 0) is 0 Å². The number of carbonyl (C=O) groups is 1. The van der Waals surface area contributed by atoms with Crippen LogP contribution in [-0.4, -0.2) is 17.2 Å². The summed E-state index contributed by atoms with van der Waals surface area (Å²) in [6, 6.07) is 14.1. The molecule has 0 radical (unpaired) electrons. The molecule has 0 aromatic heterocycles. The van der Waals surface area contributed by atoms with Gasteiger partial charge in [-0.1, -0.05) is 45.8 Å². The SMILES string of the molecule is Cc1ccc(NC(=O)NC(C)C(O)c2ccc(Br)cc2)cc1. The largest absolute Gasteiger partial charge is 0.386 e. The summed E-state index contributed by atoms with van der Waals surface area (Å²) < 4.78 is 0.946. The minimum absolute atomic E-state index is 0.340. The Balaban J connectivity index is 1.92. The van der Waals surface area contributed by atoms with Gasteiger partial charge in [0.1, 0.15) is 0 Å². The molecule has 0 heterocycles. The van der Waals surface area contributed by atoms with Crippen LogP contribution in [0.25, 0.3) is 0 Å². The van der Waals surface area contributed by atoms with Crippen LogP contribution in [0.4, 0.5) is 10.5 Å². The standard InChI is InChI=1S/C17H19BrN2O2/c1-11-3-9-15(10-4-11)20-17(22)19-12(2)16(21)13-5-7-14(18)8-6-13/h3-10,12,16,21H,1-2H3,(H2,19,20,22). The van der Waals surface area contributed by atoms with E-state index >= 15 is 0 Å². The third-order valence-corrected chi connectivity index (χ3v) is 3.88. The number of aliphatic hydroxyl groups is 1. The molecular weight excluding hydrogens is 344 g/mol. The van der Waals surface area contributed by atoms with E-state index in [2.05, 4.69) is 26.6 Å². The van der Waals surface area contributed by atoms with Gasteiger partial charge in [-0.3, -0.25) is 0 Å². The van der Waals surface area contributed by atoms with E-state index in [9.17, 15) is 9.90 Å². The number of rotatable bonds is 4. The van der Waals surface area contributed by atoms with Gasteiger partial charge in [0.15, 0.2) is 0 Å². The molecule has 0 spiro atoms. The fourth-order valence-corrected chi connectivity index (χ4v) is 2.30. The van der Waals surface area contributed by atoms with Crippen molar-refractivity contribution in [2.75, 3.05) is 5.32 Å². The molecule has 116 valence electrons. The van der Waals surface area contributed by atoms with Gasteiger partial charge >= 0.3 is 6.03 Å². The number of anilines is 1. The molecule has 2 atom stereocenters. The lowest BCUT2D eigenvalue weighted by atomic mass is 10.0. The van der Waals surface area contributed by atoms with Crippen LogP contribution in [0.15, 0.2) is 53.0 Å². The second-order valence-corrected chi connectivity index (χ2v) is 6.17. The van der Waals surface area contributed by atoms with Crippen LogP contribution in [0.2, 0.25) is 0 Å². The Labute approximate surface area is 138 Å². The Hall–Kier alpha value is -1.85. The topological polar surface area (TPSA) is 61.4 Å². The van der Waals surface area contributed by atoms with Crippen LogP contribution in [0.3, 0.4) is 0 Å². The summed E-state index contributed by atoms with van der Waals surface area (Å²) in [6.07, 6.45) is -0.767. The molecule has 0 aliphatic carbocycles. The van der Waals surface area contributed by atoms with Crippen LogP contribution in [0.1, 0.15) is 24.2 Å². The summed E-state index contributed by atoms with van der Waals surface area (Å²) in [5.41, 5.74) is 2.60. The second-order valence-electron chi connectivity index (χ2n) is 5.25. The van der Waals surface area contributed by atoms with Crippen molar-refractivity contribution >= 4 is 27.6 Å². The average molecular weight is 363 g/mol. The number of benzene rings is 2. The van der Waals surface area contributed by atoms with E-state index in [1.165, 1.54) is 0 Å². The first kappa shape index (κ1) is 16.5. The molecule has 0 saturated carbocycles. The Morgan fingerprint density at radius 3 is 2.27 bits per heavy atom. The zero-order valence-corrected chi connectivity index (χ0v) is 14.1. The summed E-state index contributed by atoms with van der Waals surface area (Å²) in [6.45, 7) is 3.75. The Kier molecular flexibility index (Phi) is 5.57. The summed E-state index contributed by atoms with van der Waals surface area (Å²) >= 11 is 3.35. The zero-order valence-electron chi connectivity index (χ0n) is 12.5. The third-order valence-electron chi connectivity index (χ3n) is 3.35. The average Bonchev–Trinajstić information content (AvgIpc) is 2.49. The van der Waals surface area contributed by atoms with Gasteiger partial charge in [0, 0.05) is 10.2 Å². The molecule has 22 heavy (non-hydrogen) atoms. The van der Waals surface area contributed by atoms with Gasteiger partial charge in [-0.05, 0) is 43.7 Å². The van der Waals surface area contributed by atoms with Crippen LogP contribution < -0.4 is 10.6 Å². The smallest absolute Gasteiger partial charge is 0.319 e. The molecule has 0 bridgehead atoms. The summed E-state index contributed by atoms with van der Waals surface area (Å²) in [7, 11) is 0. The Morgan fingerprint density at radius 1 is 1.09 bits per heavy atom. The third kappa shape index (κ3) is 4.58. The number of urea groups is 1. The molecule has 5 heteroatoms. The van der Waals surface area contributed by atoms with Gasteiger partial charge in [-0.25, -0.2) is 4.79 Å². The van der Waals surface area contributed by atoms with Gasteiger partial charge in [-0.15, -0.1) is 0 Å². The van der Waals surface area contributed by atoms with Crippen molar-refractivity contribution < 1.29 is 9.90 Å². The molecule has 4 nitrogen and oxygen atoms in total. The van der Waals surface area contributed by atoms with E-state index in [0.717, 1.165) is 15.6 Å². The maximum atomic E-state index is 12.0. The number of aliphatic hydroxyl groups excluding tert-OH is 1. The number of amides is 2. The van der Waals surface area contributed by atoms with Crippen molar-refractivity contribution in [3.63, 3.8) is 0 Å². The molecule has 0 aliphatic heterocycles. The minimum Gasteiger partial charge on any atom is -0.386 e. The van der Waals surface area contributed by atoms with Crippen LogP contribution in [0, 0.1) is 6.92 Å². The van der Waals surface area contributed by atoms with Gasteiger partial charge in [-0.2, -0.15) is 0 Å². The molecule has 2 unspecified atom stereocenters. The van der Waals surface area contributed by atoms with Gasteiger partial charge in [0.25, 0.3) is 0 Å². The Bertz CT molecular complexity index is 626. The summed E-state index contributed by atoms with van der Waals surface area (Å²) in [5, 5.41) is 15.8. The number of carbonyl (C=O) groups excluding carboxylic acids is 1. The van der Waals surface area contributed by atoms with E-state index < -0.39 is 12.1 Å². The van der Waals surface area contributed by atoms with Crippen molar-refractivity contribution in [1.82, 2.24) is 5.32 Å².